The van der Waals surface area contributed by atoms with Gasteiger partial charge in [-0.15, -0.1) is 5.10 Å². The number of fused-ring (bicyclic) bond motifs is 1. The fourth-order valence-corrected chi connectivity index (χ4v) is 4.13. The van der Waals surface area contributed by atoms with Gasteiger partial charge in [0.2, 0.25) is 5.55 Å². The van der Waals surface area contributed by atoms with Crippen molar-refractivity contribution >= 4 is 32.6 Å². The van der Waals surface area contributed by atoms with Crippen LogP contribution in [0.4, 0.5) is 5.69 Å². The molecule has 9 heteroatoms. The molecule has 4 aromatic rings. The van der Waals surface area contributed by atoms with E-state index in [1.54, 1.807) is 48.5 Å². The van der Waals surface area contributed by atoms with E-state index in [0.29, 0.717) is 22.4 Å². The van der Waals surface area contributed by atoms with Crippen LogP contribution in [0.3, 0.4) is 0 Å². The summed E-state index contributed by atoms with van der Waals surface area (Å²) in [6.45, 7) is 3.92. The van der Waals surface area contributed by atoms with Gasteiger partial charge in [0.1, 0.15) is 5.56 Å². The number of benzene rings is 3. The Morgan fingerprint density at radius 2 is 1.71 bits per heavy atom. The number of hydrogen-bond donors (Lipinski definition) is 2. The number of aryl methyl sites for hydroxylation is 2. The monoisotopic (exact) mass is 477 g/mol. The molecule has 0 unspecified atom stereocenters. The molecule has 8 nitrogen and oxygen atoms in total. The van der Waals surface area contributed by atoms with Crippen LogP contribution in [0.2, 0.25) is 0 Å². The number of nitrogens with one attached hydrogen (secondary N) is 2. The summed E-state index contributed by atoms with van der Waals surface area (Å²) in [5.41, 5.74) is 2.87. The SMILES string of the molecule is COc1cccc2cc(C(=O)Nc3ccc(C)c(C)c3)/c(=N\NS(=O)(=O)c3ccccc3)oc12. The summed E-state index contributed by atoms with van der Waals surface area (Å²) in [6.07, 6.45) is 0. The lowest BCUT2D eigenvalue weighted by Gasteiger charge is -2.10. The molecule has 0 bridgehead atoms. The Hall–Kier alpha value is -4.11. The molecule has 174 valence electrons. The zero-order valence-electron chi connectivity index (χ0n) is 18.8. The standard InChI is InChI=1S/C25H23N3O5S/c1-16-12-13-19(14-17(16)2)26-24(29)21-15-18-8-7-11-22(32-3)23(18)33-25(21)27-28-34(30,31)20-9-5-4-6-10-20/h4-15,28H,1-3H3,(H,26,29)/b27-25+. The molecule has 0 fully saturated rings. The van der Waals surface area contributed by atoms with Crippen molar-refractivity contribution in [3.63, 3.8) is 0 Å². The van der Waals surface area contributed by atoms with Gasteiger partial charge in [-0.05, 0) is 61.4 Å². The Bertz CT molecular complexity index is 1540. The van der Waals surface area contributed by atoms with Gasteiger partial charge in [-0.1, -0.05) is 36.4 Å². The van der Waals surface area contributed by atoms with E-state index in [1.807, 2.05) is 26.0 Å². The van der Waals surface area contributed by atoms with E-state index in [9.17, 15) is 13.2 Å². The first-order valence-corrected chi connectivity index (χ1v) is 11.9. The van der Waals surface area contributed by atoms with Gasteiger partial charge in [0.25, 0.3) is 15.9 Å². The molecule has 0 aliphatic carbocycles. The number of amides is 1. The largest absolute Gasteiger partial charge is 0.493 e. The normalized spacial score (nSPS) is 11.9. The van der Waals surface area contributed by atoms with Gasteiger partial charge >= 0.3 is 0 Å². The van der Waals surface area contributed by atoms with Gasteiger partial charge in [0.15, 0.2) is 11.3 Å². The number of nitrogens with zero attached hydrogens (tertiary/aromatic N) is 1. The summed E-state index contributed by atoms with van der Waals surface area (Å²) in [5.74, 6) is -0.0876. The fourth-order valence-electron chi connectivity index (χ4n) is 3.30. The van der Waals surface area contributed by atoms with Gasteiger partial charge in [-0.2, -0.15) is 13.2 Å². The van der Waals surface area contributed by atoms with Crippen molar-refractivity contribution in [3.05, 3.63) is 95.0 Å². The molecule has 0 atom stereocenters. The second-order valence-corrected chi connectivity index (χ2v) is 9.28. The van der Waals surface area contributed by atoms with E-state index in [2.05, 4.69) is 15.2 Å². The van der Waals surface area contributed by atoms with E-state index in [1.165, 1.54) is 19.2 Å². The number of ether oxygens (including phenoxy) is 1. The summed E-state index contributed by atoms with van der Waals surface area (Å²) in [7, 11) is -2.49. The third-order valence-electron chi connectivity index (χ3n) is 5.29. The number of carbonyl (C=O) groups excluding carboxylic acids is 1. The Balaban J connectivity index is 1.81. The third kappa shape index (κ3) is 4.79. The molecule has 34 heavy (non-hydrogen) atoms. The average Bonchev–Trinajstić information content (AvgIpc) is 2.84. The number of para-hydroxylation sites is 1. The Morgan fingerprint density at radius 3 is 2.41 bits per heavy atom. The minimum atomic E-state index is -3.98. The van der Waals surface area contributed by atoms with Crippen LogP contribution in [-0.2, 0) is 10.0 Å². The van der Waals surface area contributed by atoms with Gasteiger partial charge in [0, 0.05) is 11.1 Å². The first kappa shape index (κ1) is 23.1. The molecule has 1 aromatic heterocycles. The van der Waals surface area contributed by atoms with Gasteiger partial charge < -0.3 is 14.5 Å². The molecule has 0 aliphatic heterocycles. The zero-order chi connectivity index (χ0) is 24.3. The first-order valence-electron chi connectivity index (χ1n) is 10.4. The molecule has 0 aliphatic rings. The van der Waals surface area contributed by atoms with Crippen molar-refractivity contribution in [2.45, 2.75) is 18.7 Å². The molecule has 0 spiro atoms. The molecule has 4 rings (SSSR count). The Kier molecular flexibility index (Phi) is 6.38. The smallest absolute Gasteiger partial charge is 0.276 e. The van der Waals surface area contributed by atoms with Crippen LogP contribution in [-0.4, -0.2) is 21.4 Å². The van der Waals surface area contributed by atoms with E-state index >= 15 is 0 Å². The molecular formula is C25H23N3O5S. The van der Waals surface area contributed by atoms with Crippen LogP contribution in [0.5, 0.6) is 5.75 Å². The molecular weight excluding hydrogens is 454 g/mol. The van der Waals surface area contributed by atoms with E-state index < -0.39 is 15.9 Å². The Labute approximate surface area is 196 Å². The number of sulfonamides is 1. The second kappa shape index (κ2) is 9.40. The van der Waals surface area contributed by atoms with E-state index in [0.717, 1.165) is 11.1 Å². The lowest BCUT2D eigenvalue weighted by atomic mass is 10.1. The molecule has 3 aromatic carbocycles. The Morgan fingerprint density at radius 1 is 0.941 bits per heavy atom. The number of anilines is 1. The maximum atomic E-state index is 13.2. The number of hydrogen-bond acceptors (Lipinski definition) is 6. The van der Waals surface area contributed by atoms with E-state index in [-0.39, 0.29) is 16.0 Å². The predicted molar refractivity (Wildman–Crippen MR) is 129 cm³/mol. The summed E-state index contributed by atoms with van der Waals surface area (Å²) in [6, 6.07) is 20.1. The molecule has 0 saturated heterocycles. The molecule has 2 N–H and O–H groups in total. The highest BCUT2D eigenvalue weighted by molar-refractivity contribution is 7.89. The van der Waals surface area contributed by atoms with Crippen LogP contribution in [0.1, 0.15) is 21.5 Å². The highest BCUT2D eigenvalue weighted by Crippen LogP contribution is 2.25. The minimum Gasteiger partial charge on any atom is -0.493 e. The number of rotatable bonds is 6. The second-order valence-electron chi connectivity index (χ2n) is 7.62. The summed E-state index contributed by atoms with van der Waals surface area (Å²) in [5, 5.41) is 7.37. The van der Waals surface area contributed by atoms with Gasteiger partial charge in [0.05, 0.1) is 12.0 Å². The van der Waals surface area contributed by atoms with Crippen LogP contribution < -0.4 is 20.4 Å². The highest BCUT2D eigenvalue weighted by atomic mass is 32.2. The molecule has 1 amide bonds. The zero-order valence-corrected chi connectivity index (χ0v) is 19.6. The maximum absolute atomic E-state index is 13.2. The number of methoxy groups -OCH3 is 1. The summed E-state index contributed by atoms with van der Waals surface area (Å²) in [4.78, 5) is 15.4. The highest BCUT2D eigenvalue weighted by Gasteiger charge is 2.17. The summed E-state index contributed by atoms with van der Waals surface area (Å²) >= 11 is 0. The molecule has 1 heterocycles. The van der Waals surface area contributed by atoms with Crippen molar-refractivity contribution in [2.75, 3.05) is 12.4 Å². The number of carbonyl (C=O) groups is 1. The van der Waals surface area contributed by atoms with E-state index in [4.69, 9.17) is 9.15 Å². The van der Waals surface area contributed by atoms with Crippen molar-refractivity contribution in [2.24, 2.45) is 5.10 Å². The average molecular weight is 478 g/mol. The predicted octanol–water partition coefficient (Wildman–Crippen LogP) is 4.10. The lowest BCUT2D eigenvalue weighted by molar-refractivity contribution is 0.102. The lowest BCUT2D eigenvalue weighted by Crippen LogP contribution is -2.27. The maximum Gasteiger partial charge on any atom is 0.276 e. The molecule has 0 saturated carbocycles. The molecule has 0 radical (unpaired) electrons. The van der Waals surface area contributed by atoms with Crippen LogP contribution >= 0.6 is 0 Å². The van der Waals surface area contributed by atoms with Crippen molar-refractivity contribution in [3.8, 4) is 5.75 Å². The topological polar surface area (TPSA) is 110 Å². The minimum absolute atomic E-state index is 0.0262. The van der Waals surface area contributed by atoms with Gasteiger partial charge in [-0.25, -0.2) is 0 Å². The van der Waals surface area contributed by atoms with Crippen molar-refractivity contribution in [1.82, 2.24) is 4.83 Å². The van der Waals surface area contributed by atoms with Crippen LogP contribution in [0.25, 0.3) is 11.0 Å². The fraction of sp³-hybridized carbons (Fsp3) is 0.120. The summed E-state index contributed by atoms with van der Waals surface area (Å²) < 4.78 is 36.5. The van der Waals surface area contributed by atoms with Crippen LogP contribution in [0, 0.1) is 13.8 Å². The third-order valence-corrected chi connectivity index (χ3v) is 6.51. The van der Waals surface area contributed by atoms with Crippen molar-refractivity contribution in [1.29, 1.82) is 0 Å². The quantitative estimate of drug-likeness (QED) is 0.406. The first-order chi connectivity index (χ1) is 16.3. The van der Waals surface area contributed by atoms with Crippen LogP contribution in [0.15, 0.2) is 87.2 Å². The van der Waals surface area contributed by atoms with Gasteiger partial charge in [-0.3, -0.25) is 4.79 Å². The van der Waals surface area contributed by atoms with Crippen molar-refractivity contribution < 1.29 is 22.4 Å².